The number of allylic oxidation sites excluding steroid dienone is 1. The third-order valence-electron chi connectivity index (χ3n) is 5.34. The van der Waals surface area contributed by atoms with Crippen molar-refractivity contribution in [3.8, 4) is 11.3 Å². The minimum Gasteiger partial charge on any atom is -0.310 e. The fourth-order valence-corrected chi connectivity index (χ4v) is 3.87. The minimum absolute atomic E-state index is 0.966. The van der Waals surface area contributed by atoms with E-state index in [0.717, 1.165) is 52.4 Å². The molecule has 3 heteroatoms. The highest BCUT2D eigenvalue weighted by Gasteiger charge is 2.14. The Labute approximate surface area is 183 Å². The van der Waals surface area contributed by atoms with E-state index in [1.165, 1.54) is 0 Å². The van der Waals surface area contributed by atoms with E-state index in [-0.39, 0.29) is 0 Å². The van der Waals surface area contributed by atoms with Crippen LogP contribution in [0.4, 0.5) is 17.1 Å². The number of rotatable bonds is 5. The maximum atomic E-state index is 4.61. The molecule has 31 heavy (non-hydrogen) atoms. The summed E-state index contributed by atoms with van der Waals surface area (Å²) < 4.78 is 0. The van der Waals surface area contributed by atoms with Gasteiger partial charge in [-0.15, -0.1) is 0 Å². The van der Waals surface area contributed by atoms with Gasteiger partial charge in [0.1, 0.15) is 0 Å². The first-order chi connectivity index (χ1) is 15.4. The van der Waals surface area contributed by atoms with Gasteiger partial charge in [-0.3, -0.25) is 9.98 Å². The quantitative estimate of drug-likeness (QED) is 0.348. The van der Waals surface area contributed by atoms with Crippen LogP contribution in [0.25, 0.3) is 17.0 Å². The van der Waals surface area contributed by atoms with Crippen molar-refractivity contribution in [2.45, 2.75) is 12.8 Å². The van der Waals surface area contributed by atoms with E-state index in [2.05, 4.69) is 93.7 Å². The van der Waals surface area contributed by atoms with Crippen molar-refractivity contribution in [2.24, 2.45) is 4.99 Å². The van der Waals surface area contributed by atoms with Crippen molar-refractivity contribution >= 4 is 29.0 Å². The van der Waals surface area contributed by atoms with Crippen LogP contribution in [0.2, 0.25) is 0 Å². The zero-order valence-electron chi connectivity index (χ0n) is 17.2. The van der Waals surface area contributed by atoms with E-state index in [4.69, 9.17) is 0 Å². The predicted molar refractivity (Wildman–Crippen MR) is 130 cm³/mol. The zero-order chi connectivity index (χ0) is 20.9. The summed E-state index contributed by atoms with van der Waals surface area (Å²) in [7, 11) is 0. The van der Waals surface area contributed by atoms with Gasteiger partial charge in [0.25, 0.3) is 0 Å². The summed E-state index contributed by atoms with van der Waals surface area (Å²) in [5, 5.41) is 0. The molecular weight excluding hydrogens is 378 g/mol. The highest BCUT2D eigenvalue weighted by Crippen LogP contribution is 2.37. The molecule has 0 aliphatic carbocycles. The minimum atomic E-state index is 0.966. The topological polar surface area (TPSA) is 28.5 Å². The fraction of sp³-hybridized carbons (Fsp3) is 0.0714. The lowest BCUT2D eigenvalue weighted by molar-refractivity contribution is 1.09. The average molecular weight is 402 g/mol. The number of anilines is 3. The molecule has 0 bridgehead atoms. The molecule has 150 valence electrons. The Hall–Kier alpha value is -3.98. The summed E-state index contributed by atoms with van der Waals surface area (Å²) in [5.74, 6) is 0. The number of aliphatic imine (C=N–C) groups is 1. The van der Waals surface area contributed by atoms with Crippen molar-refractivity contribution in [2.75, 3.05) is 4.90 Å². The molecule has 4 aromatic rings. The van der Waals surface area contributed by atoms with Crippen LogP contribution in [-0.4, -0.2) is 11.2 Å². The number of hydrogen-bond donors (Lipinski definition) is 0. The van der Waals surface area contributed by atoms with Crippen LogP contribution in [0, 0.1) is 0 Å². The van der Waals surface area contributed by atoms with E-state index in [1.807, 2.05) is 36.7 Å². The van der Waals surface area contributed by atoms with Crippen LogP contribution in [-0.2, 0) is 0 Å². The smallest absolute Gasteiger partial charge is 0.0702 e. The van der Waals surface area contributed by atoms with Crippen molar-refractivity contribution in [1.82, 2.24) is 4.98 Å². The SMILES string of the molecule is C1=NC(c2cccc(N(c3ccccc3)c3cccc(-c4ccccn4)c3)c2)=CCC1. The monoisotopic (exact) mass is 401 g/mol. The Morgan fingerprint density at radius 3 is 2.03 bits per heavy atom. The van der Waals surface area contributed by atoms with Crippen molar-refractivity contribution in [1.29, 1.82) is 0 Å². The predicted octanol–water partition coefficient (Wildman–Crippen LogP) is 7.42. The fourth-order valence-electron chi connectivity index (χ4n) is 3.87. The van der Waals surface area contributed by atoms with Crippen molar-refractivity contribution in [3.05, 3.63) is 115 Å². The molecular formula is C28H23N3. The van der Waals surface area contributed by atoms with Gasteiger partial charge in [0.15, 0.2) is 0 Å². The summed E-state index contributed by atoms with van der Waals surface area (Å²) in [6.45, 7) is 0. The van der Waals surface area contributed by atoms with Crippen LogP contribution < -0.4 is 4.90 Å². The summed E-state index contributed by atoms with van der Waals surface area (Å²) in [4.78, 5) is 11.4. The molecule has 0 radical (unpaired) electrons. The second-order valence-electron chi connectivity index (χ2n) is 7.46. The lowest BCUT2D eigenvalue weighted by atomic mass is 10.1. The molecule has 1 aliphatic rings. The van der Waals surface area contributed by atoms with Crippen LogP contribution in [0.3, 0.4) is 0 Å². The molecule has 0 fully saturated rings. The van der Waals surface area contributed by atoms with Gasteiger partial charge in [-0.05, 0) is 61.4 Å². The van der Waals surface area contributed by atoms with E-state index < -0.39 is 0 Å². The molecule has 1 aliphatic heterocycles. The number of nitrogens with zero attached hydrogens (tertiary/aromatic N) is 3. The number of hydrogen-bond acceptors (Lipinski definition) is 3. The van der Waals surface area contributed by atoms with Crippen molar-refractivity contribution < 1.29 is 0 Å². The molecule has 1 aromatic heterocycles. The van der Waals surface area contributed by atoms with Gasteiger partial charge in [-0.25, -0.2) is 0 Å². The lowest BCUT2D eigenvalue weighted by Gasteiger charge is -2.26. The summed E-state index contributed by atoms with van der Waals surface area (Å²) in [6.07, 6.45) is 8.11. The number of benzene rings is 3. The molecule has 0 atom stereocenters. The Morgan fingerprint density at radius 2 is 1.32 bits per heavy atom. The van der Waals surface area contributed by atoms with Gasteiger partial charge >= 0.3 is 0 Å². The standard InChI is InChI=1S/C28H23N3/c1-2-12-24(13-3-1)31(25-14-8-10-22(20-25)27-16-4-6-18-29-27)26-15-9-11-23(21-26)28-17-5-7-19-30-28/h1-4,6,8-21H,5,7H2. The van der Waals surface area contributed by atoms with Gasteiger partial charge in [-0.2, -0.15) is 0 Å². The second-order valence-corrected chi connectivity index (χ2v) is 7.46. The molecule has 0 spiro atoms. The zero-order valence-corrected chi connectivity index (χ0v) is 17.2. The maximum absolute atomic E-state index is 4.61. The Bertz CT molecular complexity index is 1230. The molecule has 0 N–H and O–H groups in total. The average Bonchev–Trinajstić information content (AvgIpc) is 2.86. The second kappa shape index (κ2) is 8.80. The molecule has 0 saturated heterocycles. The van der Waals surface area contributed by atoms with E-state index in [0.29, 0.717) is 0 Å². The number of pyridine rings is 1. The first kappa shape index (κ1) is 19.0. The van der Waals surface area contributed by atoms with Crippen molar-refractivity contribution in [3.63, 3.8) is 0 Å². The first-order valence-corrected chi connectivity index (χ1v) is 10.6. The molecule has 0 unspecified atom stereocenters. The highest BCUT2D eigenvalue weighted by atomic mass is 15.1. The Morgan fingerprint density at radius 1 is 0.613 bits per heavy atom. The van der Waals surface area contributed by atoms with Crippen LogP contribution in [0.5, 0.6) is 0 Å². The normalized spacial score (nSPS) is 13.0. The third kappa shape index (κ3) is 4.17. The lowest BCUT2D eigenvalue weighted by Crippen LogP contribution is -2.10. The molecule has 5 rings (SSSR count). The maximum Gasteiger partial charge on any atom is 0.0702 e. The number of para-hydroxylation sites is 1. The summed E-state index contributed by atoms with van der Waals surface area (Å²) >= 11 is 0. The highest BCUT2D eigenvalue weighted by molar-refractivity contribution is 5.82. The van der Waals surface area contributed by atoms with Gasteiger partial charge in [0.05, 0.1) is 11.4 Å². The van der Waals surface area contributed by atoms with Crippen LogP contribution in [0.15, 0.2) is 114 Å². The largest absolute Gasteiger partial charge is 0.310 e. The third-order valence-corrected chi connectivity index (χ3v) is 5.34. The van der Waals surface area contributed by atoms with E-state index in [1.54, 1.807) is 0 Å². The molecule has 0 amide bonds. The molecule has 3 nitrogen and oxygen atoms in total. The first-order valence-electron chi connectivity index (χ1n) is 10.6. The molecule has 3 aromatic carbocycles. The van der Waals surface area contributed by atoms with Crippen LogP contribution in [0.1, 0.15) is 18.4 Å². The van der Waals surface area contributed by atoms with Gasteiger partial charge < -0.3 is 4.90 Å². The molecule has 0 saturated carbocycles. The van der Waals surface area contributed by atoms with Gasteiger partial charge in [0, 0.05) is 40.6 Å². The van der Waals surface area contributed by atoms with E-state index >= 15 is 0 Å². The Balaban J connectivity index is 1.62. The molecule has 2 heterocycles. The summed E-state index contributed by atoms with van der Waals surface area (Å²) in [6, 6.07) is 33.6. The van der Waals surface area contributed by atoms with Gasteiger partial charge in [-0.1, -0.05) is 54.6 Å². The van der Waals surface area contributed by atoms with Crippen LogP contribution >= 0.6 is 0 Å². The van der Waals surface area contributed by atoms with E-state index in [9.17, 15) is 0 Å². The summed E-state index contributed by atoms with van der Waals surface area (Å²) in [5.41, 5.74) is 7.54. The Kier molecular flexibility index (Phi) is 5.40. The number of aromatic nitrogens is 1. The van der Waals surface area contributed by atoms with Gasteiger partial charge in [0.2, 0.25) is 0 Å².